The Bertz CT molecular complexity index is 1540. The summed E-state index contributed by atoms with van der Waals surface area (Å²) in [5, 5.41) is 6.38. The summed E-state index contributed by atoms with van der Waals surface area (Å²) in [7, 11) is 0. The summed E-state index contributed by atoms with van der Waals surface area (Å²) in [4.78, 5) is 30.3. The predicted molar refractivity (Wildman–Crippen MR) is 191 cm³/mol. The van der Waals surface area contributed by atoms with Gasteiger partial charge in [0.1, 0.15) is 0 Å². The topological polar surface area (TPSA) is 64.7 Å². The smallest absolute Gasteiger partial charge is 0.257 e. The zero-order valence-corrected chi connectivity index (χ0v) is 26.8. The maximum absolute atomic E-state index is 13.2. The van der Waals surface area contributed by atoms with Crippen molar-refractivity contribution in [3.8, 4) is 0 Å². The normalized spacial score (nSPS) is 10.4. The first kappa shape index (κ1) is 32.2. The average molecular weight is 643 g/mol. The van der Waals surface area contributed by atoms with Gasteiger partial charge in [0.05, 0.1) is 0 Å². The molecule has 0 fully saturated rings. The van der Waals surface area contributed by atoms with Gasteiger partial charge in [0.2, 0.25) is 0 Å². The number of carbonyl (C=O) groups excluding carboxylic acids is 2. The number of rotatable bonds is 10. The molecule has 0 aromatic heterocycles. The highest BCUT2D eigenvalue weighted by molar-refractivity contribution is 7.80. The van der Waals surface area contributed by atoms with E-state index in [4.69, 9.17) is 24.4 Å². The molecule has 8 heteroatoms. The van der Waals surface area contributed by atoms with E-state index in [-0.39, 0.29) is 11.8 Å². The van der Waals surface area contributed by atoms with Crippen LogP contribution < -0.4 is 10.6 Å². The molecule has 0 saturated heterocycles. The molecule has 2 amide bonds. The lowest BCUT2D eigenvalue weighted by Gasteiger charge is -2.26. The number of hydrogen-bond donors (Lipinski definition) is 2. The average Bonchev–Trinajstić information content (AvgIpc) is 3.09. The summed E-state index contributed by atoms with van der Waals surface area (Å²) in [5.41, 5.74) is 5.08. The van der Waals surface area contributed by atoms with E-state index in [1.807, 2.05) is 131 Å². The lowest BCUT2D eigenvalue weighted by molar-refractivity contribution is 0.0960. The SMILES string of the molecule is O=C(NC(=S)N(Cc1ccccc1)Cc1ccccc1)c1ccc(C(=O)NC(=S)N(Cc2ccccc2)Cc2ccccc2)cc1. The fourth-order valence-electron chi connectivity index (χ4n) is 4.88. The molecule has 0 aliphatic heterocycles. The molecule has 6 nitrogen and oxygen atoms in total. The van der Waals surface area contributed by atoms with Crippen molar-refractivity contribution < 1.29 is 9.59 Å². The third-order valence-electron chi connectivity index (χ3n) is 7.29. The van der Waals surface area contributed by atoms with Gasteiger partial charge in [0, 0.05) is 37.3 Å². The largest absolute Gasteiger partial charge is 0.340 e. The maximum Gasteiger partial charge on any atom is 0.257 e. The van der Waals surface area contributed by atoms with Gasteiger partial charge in [-0.1, -0.05) is 121 Å². The van der Waals surface area contributed by atoms with Crippen molar-refractivity contribution in [2.75, 3.05) is 0 Å². The monoisotopic (exact) mass is 642 g/mol. The van der Waals surface area contributed by atoms with Crippen LogP contribution in [0.3, 0.4) is 0 Å². The Morgan fingerprint density at radius 2 is 0.652 bits per heavy atom. The summed E-state index contributed by atoms with van der Waals surface area (Å²) < 4.78 is 0. The van der Waals surface area contributed by atoms with Gasteiger partial charge in [-0.15, -0.1) is 0 Å². The van der Waals surface area contributed by atoms with Gasteiger partial charge in [-0.3, -0.25) is 20.2 Å². The molecule has 46 heavy (non-hydrogen) atoms. The molecular formula is C38H34N4O2S2. The molecule has 0 atom stereocenters. The van der Waals surface area contributed by atoms with Crippen LogP contribution in [0.2, 0.25) is 0 Å². The zero-order valence-electron chi connectivity index (χ0n) is 25.2. The highest BCUT2D eigenvalue weighted by Gasteiger charge is 2.18. The van der Waals surface area contributed by atoms with Crippen molar-refractivity contribution >= 4 is 46.5 Å². The second-order valence-corrected chi connectivity index (χ2v) is 11.5. The lowest BCUT2D eigenvalue weighted by atomic mass is 10.1. The molecular weight excluding hydrogens is 609 g/mol. The molecule has 0 saturated carbocycles. The second-order valence-electron chi connectivity index (χ2n) is 10.8. The van der Waals surface area contributed by atoms with E-state index in [0.717, 1.165) is 22.3 Å². The number of nitrogens with one attached hydrogen (secondary N) is 2. The van der Waals surface area contributed by atoms with Crippen molar-refractivity contribution in [2.45, 2.75) is 26.2 Å². The third-order valence-corrected chi connectivity index (χ3v) is 8.01. The van der Waals surface area contributed by atoms with Crippen LogP contribution in [0, 0.1) is 0 Å². The van der Waals surface area contributed by atoms with Crippen LogP contribution in [0.5, 0.6) is 0 Å². The molecule has 0 spiro atoms. The fourth-order valence-corrected chi connectivity index (χ4v) is 5.33. The number of hydrogen-bond acceptors (Lipinski definition) is 4. The Morgan fingerprint density at radius 3 is 0.891 bits per heavy atom. The molecule has 5 aromatic rings. The summed E-state index contributed by atoms with van der Waals surface area (Å²) >= 11 is 11.4. The van der Waals surface area contributed by atoms with E-state index in [0.29, 0.717) is 47.5 Å². The van der Waals surface area contributed by atoms with Crippen LogP contribution in [-0.2, 0) is 26.2 Å². The summed E-state index contributed by atoms with van der Waals surface area (Å²) in [6, 6.07) is 46.4. The molecule has 0 aliphatic carbocycles. The number of benzene rings is 5. The van der Waals surface area contributed by atoms with Gasteiger partial charge in [-0.05, 0) is 71.0 Å². The molecule has 0 radical (unpaired) electrons. The first-order valence-corrected chi connectivity index (χ1v) is 15.7. The van der Waals surface area contributed by atoms with Gasteiger partial charge >= 0.3 is 0 Å². The first-order valence-electron chi connectivity index (χ1n) is 14.9. The molecule has 5 aromatic carbocycles. The van der Waals surface area contributed by atoms with Crippen LogP contribution in [0.25, 0.3) is 0 Å². The van der Waals surface area contributed by atoms with E-state index in [2.05, 4.69) is 10.6 Å². The molecule has 0 heterocycles. The minimum absolute atomic E-state index is 0.321. The van der Waals surface area contributed by atoms with Crippen LogP contribution in [0.1, 0.15) is 43.0 Å². The summed E-state index contributed by atoms with van der Waals surface area (Å²) in [6.07, 6.45) is 0. The highest BCUT2D eigenvalue weighted by atomic mass is 32.1. The fraction of sp³-hybridized carbons (Fsp3) is 0.105. The summed E-state index contributed by atoms with van der Waals surface area (Å²) in [6.45, 7) is 2.16. The standard InChI is InChI=1S/C38H34N4O2S2/c43-35(39-37(45)41(25-29-13-5-1-6-14-29)26-30-15-7-2-8-16-30)33-21-23-34(24-22-33)36(44)40-38(46)42(27-31-17-9-3-10-18-31)28-32-19-11-4-12-20-32/h1-24H,25-28H2,(H,39,43,45)(H,40,44,46). The molecule has 0 aliphatic rings. The third kappa shape index (κ3) is 9.41. The number of thiocarbonyl (C=S) groups is 2. The van der Waals surface area contributed by atoms with Crippen LogP contribution in [0.15, 0.2) is 146 Å². The Labute approximate surface area is 280 Å². The van der Waals surface area contributed by atoms with Gasteiger partial charge < -0.3 is 9.80 Å². The molecule has 0 unspecified atom stereocenters. The van der Waals surface area contributed by atoms with Gasteiger partial charge in [0.25, 0.3) is 11.8 Å². The number of nitrogens with zero attached hydrogens (tertiary/aromatic N) is 2. The van der Waals surface area contributed by atoms with Crippen molar-refractivity contribution in [3.63, 3.8) is 0 Å². The van der Waals surface area contributed by atoms with Crippen LogP contribution in [0.4, 0.5) is 0 Å². The maximum atomic E-state index is 13.2. The quantitative estimate of drug-likeness (QED) is 0.158. The predicted octanol–water partition coefficient (Wildman–Crippen LogP) is 7.12. The first-order chi connectivity index (χ1) is 22.4. The van der Waals surface area contributed by atoms with Crippen molar-refractivity contribution in [3.05, 3.63) is 179 Å². The molecule has 5 rings (SSSR count). The second kappa shape index (κ2) is 16.2. The number of carbonyl (C=O) groups is 2. The minimum atomic E-state index is -0.351. The van der Waals surface area contributed by atoms with Crippen LogP contribution >= 0.6 is 24.4 Å². The Kier molecular flexibility index (Phi) is 11.4. The van der Waals surface area contributed by atoms with E-state index < -0.39 is 0 Å². The van der Waals surface area contributed by atoms with Crippen LogP contribution in [-0.4, -0.2) is 31.8 Å². The van der Waals surface area contributed by atoms with E-state index in [1.54, 1.807) is 24.3 Å². The van der Waals surface area contributed by atoms with Crippen molar-refractivity contribution in [2.24, 2.45) is 0 Å². The van der Waals surface area contributed by atoms with Gasteiger partial charge in [-0.25, -0.2) is 0 Å². The Balaban J connectivity index is 1.22. The Hall–Kier alpha value is -5.18. The van der Waals surface area contributed by atoms with Crippen molar-refractivity contribution in [1.29, 1.82) is 0 Å². The highest BCUT2D eigenvalue weighted by Crippen LogP contribution is 2.14. The molecule has 230 valence electrons. The van der Waals surface area contributed by atoms with Gasteiger partial charge in [-0.2, -0.15) is 0 Å². The van der Waals surface area contributed by atoms with Crippen molar-refractivity contribution in [1.82, 2.24) is 20.4 Å². The number of amides is 2. The lowest BCUT2D eigenvalue weighted by Crippen LogP contribution is -2.42. The van der Waals surface area contributed by atoms with Gasteiger partial charge in [0.15, 0.2) is 10.2 Å². The summed E-state index contributed by atoms with van der Waals surface area (Å²) in [5.74, 6) is -0.703. The molecule has 2 N–H and O–H groups in total. The zero-order chi connectivity index (χ0) is 32.1. The minimum Gasteiger partial charge on any atom is -0.340 e. The van der Waals surface area contributed by atoms with E-state index >= 15 is 0 Å². The van der Waals surface area contributed by atoms with E-state index in [9.17, 15) is 9.59 Å². The molecule has 0 bridgehead atoms. The van der Waals surface area contributed by atoms with E-state index in [1.165, 1.54) is 0 Å². The Morgan fingerprint density at radius 1 is 0.413 bits per heavy atom.